The topological polar surface area (TPSA) is 142 Å². The summed E-state index contributed by atoms with van der Waals surface area (Å²) in [5.41, 5.74) is 6.64. The molecule has 0 fully saturated rings. The van der Waals surface area contributed by atoms with E-state index in [1.807, 2.05) is 0 Å². The van der Waals surface area contributed by atoms with Gasteiger partial charge in [0.1, 0.15) is 11.8 Å². The Hall–Kier alpha value is 0.460. The molecule has 1 unspecified atom stereocenters. The minimum atomic E-state index is -4.65. The zero-order valence-corrected chi connectivity index (χ0v) is 17.0. The Morgan fingerprint density at radius 3 is 2.67 bits per heavy atom. The molecule has 1 atom stereocenters. The van der Waals surface area contributed by atoms with Gasteiger partial charge in [0.25, 0.3) is 0 Å². The molecule has 0 aromatic carbocycles. The molecule has 0 aliphatic rings. The van der Waals surface area contributed by atoms with Crippen LogP contribution in [0.1, 0.15) is 13.0 Å². The van der Waals surface area contributed by atoms with E-state index in [4.69, 9.17) is 10.5 Å². The van der Waals surface area contributed by atoms with Gasteiger partial charge < -0.3 is 29.4 Å². The summed E-state index contributed by atoms with van der Waals surface area (Å²) in [6.45, 7) is 1.82. The van der Waals surface area contributed by atoms with Crippen LogP contribution in [-0.2, 0) is 9.30 Å². The van der Waals surface area contributed by atoms with Crippen molar-refractivity contribution in [3.05, 3.63) is 12.7 Å². The van der Waals surface area contributed by atoms with Crippen LogP contribution in [0, 0.1) is 0 Å². The van der Waals surface area contributed by atoms with Gasteiger partial charge in [-0.15, -0.1) is 0 Å². The molecule has 0 bridgehead atoms. The van der Waals surface area contributed by atoms with Crippen LogP contribution in [0.3, 0.4) is 0 Å². The second-order valence-electron chi connectivity index (χ2n) is 4.04. The molecule has 2 aromatic rings. The first-order valence-electron chi connectivity index (χ1n) is 5.40. The number of hydrogen-bond acceptors (Lipinski definition) is 8. The van der Waals surface area contributed by atoms with Gasteiger partial charge in [0.2, 0.25) is 0 Å². The van der Waals surface area contributed by atoms with Gasteiger partial charge in [-0.1, -0.05) is 0 Å². The van der Waals surface area contributed by atoms with Gasteiger partial charge in [-0.05, 0) is 14.5 Å². The maximum absolute atomic E-state index is 10.4. The van der Waals surface area contributed by atoms with Crippen LogP contribution in [0.2, 0.25) is 0 Å². The van der Waals surface area contributed by atoms with Crippen molar-refractivity contribution in [1.82, 2.24) is 19.5 Å². The molecule has 2 aromatic heterocycles. The summed E-state index contributed by atoms with van der Waals surface area (Å²) >= 11 is 0. The summed E-state index contributed by atoms with van der Waals surface area (Å²) in [7, 11) is -4.65. The van der Waals surface area contributed by atoms with Crippen LogP contribution in [0.15, 0.2) is 12.7 Å². The van der Waals surface area contributed by atoms with Gasteiger partial charge in [-0.3, -0.25) is 0 Å². The summed E-state index contributed by atoms with van der Waals surface area (Å²) < 4.78 is 17.0. The van der Waals surface area contributed by atoms with Crippen LogP contribution in [0.5, 0.6) is 0 Å². The van der Waals surface area contributed by atoms with Crippen LogP contribution < -0.4 is 74.6 Å². The van der Waals surface area contributed by atoms with E-state index in [0.29, 0.717) is 11.2 Å². The molecule has 104 valence electrons. The molecule has 0 saturated carbocycles. The quantitative estimate of drug-likeness (QED) is 0.421. The Labute approximate surface area is 165 Å². The van der Waals surface area contributed by atoms with Crippen molar-refractivity contribution in [2.45, 2.75) is 13.0 Å². The molecular weight excluding hydrogens is 319 g/mol. The Morgan fingerprint density at radius 1 is 1.38 bits per heavy atom. The maximum atomic E-state index is 10.4. The summed E-state index contributed by atoms with van der Waals surface area (Å²) in [5, 5.41) is 0. The van der Waals surface area contributed by atoms with Crippen molar-refractivity contribution in [1.29, 1.82) is 0 Å². The molecule has 21 heavy (non-hydrogen) atoms. The SMILES string of the molecule is CC(COCP(=O)([O-])[O-])n1cnc2c(N)ncnc21.[Na+].[Na+]. The number of aromatic nitrogens is 4. The zero-order valence-electron chi connectivity index (χ0n) is 12.1. The Bertz CT molecular complexity index is 634. The van der Waals surface area contributed by atoms with Crippen LogP contribution in [0.25, 0.3) is 11.2 Å². The first-order valence-corrected chi connectivity index (χ1v) is 7.13. The van der Waals surface area contributed by atoms with E-state index in [0.717, 1.165) is 0 Å². The van der Waals surface area contributed by atoms with Crippen molar-refractivity contribution in [3.8, 4) is 0 Å². The summed E-state index contributed by atoms with van der Waals surface area (Å²) in [4.78, 5) is 32.8. The third-order valence-corrected chi connectivity index (χ3v) is 2.97. The van der Waals surface area contributed by atoms with E-state index in [2.05, 4.69) is 15.0 Å². The first-order chi connectivity index (χ1) is 8.88. The van der Waals surface area contributed by atoms with E-state index < -0.39 is 13.9 Å². The molecule has 2 heterocycles. The van der Waals surface area contributed by atoms with Crippen molar-refractivity contribution in [2.75, 3.05) is 18.7 Å². The van der Waals surface area contributed by atoms with Crippen LogP contribution in [0.4, 0.5) is 5.82 Å². The molecule has 0 radical (unpaired) electrons. The fraction of sp³-hybridized carbons (Fsp3) is 0.444. The summed E-state index contributed by atoms with van der Waals surface area (Å²) in [6.07, 6.45) is 1.99. The molecule has 2 N–H and O–H groups in total. The van der Waals surface area contributed by atoms with Crippen LogP contribution >= 0.6 is 7.60 Å². The minimum Gasteiger partial charge on any atom is -0.809 e. The van der Waals surface area contributed by atoms with Gasteiger partial charge in [0.05, 0.1) is 25.3 Å². The summed E-state index contributed by atoms with van der Waals surface area (Å²) in [5.74, 6) is 0.264. The number of hydrogen-bond donors (Lipinski definition) is 1. The standard InChI is InChI=1S/C9H14N5O4P.2Na/c1-6(2-18-5-19(15,16)17)14-4-13-7-8(10)11-3-12-9(7)14;;/h3-4,6H,2,5H2,1H3,(H2,10,11,12)(H2,15,16,17);;/q;2*+1/p-2. The number of fused-ring (bicyclic) bond motifs is 1. The van der Waals surface area contributed by atoms with Crippen molar-refractivity contribution in [2.24, 2.45) is 0 Å². The van der Waals surface area contributed by atoms with Gasteiger partial charge >= 0.3 is 59.1 Å². The Morgan fingerprint density at radius 2 is 2.05 bits per heavy atom. The van der Waals surface area contributed by atoms with Gasteiger partial charge in [-0.2, -0.15) is 0 Å². The fourth-order valence-electron chi connectivity index (χ4n) is 1.61. The average Bonchev–Trinajstić information content (AvgIpc) is 2.72. The second-order valence-corrected chi connectivity index (χ2v) is 5.52. The molecule has 0 saturated heterocycles. The number of imidazole rings is 1. The van der Waals surface area contributed by atoms with E-state index in [1.54, 1.807) is 11.5 Å². The molecule has 9 nitrogen and oxygen atoms in total. The van der Waals surface area contributed by atoms with Gasteiger partial charge in [0, 0.05) is 0 Å². The molecule has 0 amide bonds. The number of rotatable bonds is 5. The van der Waals surface area contributed by atoms with Crippen molar-refractivity contribution >= 4 is 24.6 Å². The Balaban J connectivity index is 0.00000200. The monoisotopic (exact) mass is 331 g/mol. The van der Waals surface area contributed by atoms with E-state index in [9.17, 15) is 14.4 Å². The smallest absolute Gasteiger partial charge is 0.809 e. The van der Waals surface area contributed by atoms with Gasteiger partial charge in [-0.25, -0.2) is 15.0 Å². The summed E-state index contributed by atoms with van der Waals surface area (Å²) in [6, 6.07) is -0.245. The molecular formula is C9H12N5Na2O4P. The molecule has 0 aliphatic carbocycles. The fourth-order valence-corrected chi connectivity index (χ4v) is 1.94. The third kappa shape index (κ3) is 5.87. The predicted molar refractivity (Wildman–Crippen MR) is 62.9 cm³/mol. The third-order valence-electron chi connectivity index (χ3n) is 2.47. The number of anilines is 1. The number of nitrogens with two attached hydrogens (primary N) is 1. The molecule has 2 rings (SSSR count). The minimum absolute atomic E-state index is 0. The molecule has 0 aliphatic heterocycles. The van der Waals surface area contributed by atoms with Crippen molar-refractivity contribution in [3.63, 3.8) is 0 Å². The maximum Gasteiger partial charge on any atom is 1.00 e. The second kappa shape index (κ2) is 8.93. The van der Waals surface area contributed by atoms with Crippen LogP contribution in [-0.4, -0.2) is 32.5 Å². The van der Waals surface area contributed by atoms with Gasteiger partial charge in [0.15, 0.2) is 11.5 Å². The normalized spacial score (nSPS) is 12.5. The number of ether oxygens (including phenoxy) is 1. The zero-order chi connectivity index (χ0) is 14.0. The number of nitrogen functional groups attached to an aromatic ring is 1. The van der Waals surface area contributed by atoms with Crippen molar-refractivity contribution < 1.29 is 78.2 Å². The largest absolute Gasteiger partial charge is 1.00 e. The average molecular weight is 331 g/mol. The molecule has 0 spiro atoms. The predicted octanol–water partition coefficient (Wildman–Crippen LogP) is -7.13. The molecule has 12 heteroatoms. The Kier molecular flexibility index (Phi) is 9.12. The van der Waals surface area contributed by atoms with E-state index >= 15 is 0 Å². The first kappa shape index (κ1) is 21.5. The number of nitrogens with zero attached hydrogens (tertiary/aromatic N) is 4. The van der Waals surface area contributed by atoms with E-state index in [-0.39, 0.29) is 77.6 Å². The van der Waals surface area contributed by atoms with E-state index in [1.165, 1.54) is 12.7 Å².